The Morgan fingerprint density at radius 3 is 2.65 bits per heavy atom. The van der Waals surface area contributed by atoms with E-state index in [4.69, 9.17) is 0 Å². The van der Waals surface area contributed by atoms with Crippen molar-refractivity contribution in [2.75, 3.05) is 7.11 Å². The molecule has 1 atom stereocenters. The summed E-state index contributed by atoms with van der Waals surface area (Å²) in [4.78, 5) is 11.4. The average molecular weight is 236 g/mol. The van der Waals surface area contributed by atoms with Gasteiger partial charge in [-0.1, -0.05) is 20.3 Å². The van der Waals surface area contributed by atoms with Crippen LogP contribution in [0.15, 0.2) is 18.2 Å². The summed E-state index contributed by atoms with van der Waals surface area (Å²) in [6.45, 7) is 4.20. The topological polar surface area (TPSA) is 46.5 Å². The fourth-order valence-electron chi connectivity index (χ4n) is 2.05. The largest absolute Gasteiger partial charge is 0.508 e. The molecule has 0 saturated carbocycles. The number of benzene rings is 1. The lowest BCUT2D eigenvalue weighted by Gasteiger charge is -2.16. The van der Waals surface area contributed by atoms with Gasteiger partial charge in [0, 0.05) is 0 Å². The Labute approximate surface area is 102 Å². The molecule has 94 valence electrons. The lowest BCUT2D eigenvalue weighted by Crippen LogP contribution is -2.04. The lowest BCUT2D eigenvalue weighted by molar-refractivity contribution is 0.0600. The fraction of sp³-hybridized carbons (Fsp3) is 0.500. The van der Waals surface area contributed by atoms with E-state index in [9.17, 15) is 9.90 Å². The van der Waals surface area contributed by atoms with Crippen LogP contribution in [0, 0.1) is 0 Å². The van der Waals surface area contributed by atoms with Crippen LogP contribution in [0.3, 0.4) is 0 Å². The molecule has 0 saturated heterocycles. The minimum atomic E-state index is -0.363. The zero-order chi connectivity index (χ0) is 12.8. The summed E-state index contributed by atoms with van der Waals surface area (Å²) in [6, 6.07) is 4.90. The molecule has 17 heavy (non-hydrogen) atoms. The van der Waals surface area contributed by atoms with Crippen LogP contribution in [-0.4, -0.2) is 18.2 Å². The number of esters is 1. The van der Waals surface area contributed by atoms with Crippen LogP contribution >= 0.6 is 0 Å². The highest BCUT2D eigenvalue weighted by Gasteiger charge is 2.15. The summed E-state index contributed by atoms with van der Waals surface area (Å²) in [6.07, 6.45) is 3.01. The molecular formula is C14H20O3. The second-order valence-electron chi connectivity index (χ2n) is 4.16. The predicted molar refractivity (Wildman–Crippen MR) is 67.4 cm³/mol. The molecule has 1 aromatic rings. The van der Waals surface area contributed by atoms with Gasteiger partial charge in [0.15, 0.2) is 0 Å². The molecule has 0 aromatic heterocycles. The average Bonchev–Trinajstić information content (AvgIpc) is 2.36. The minimum Gasteiger partial charge on any atom is -0.508 e. The summed E-state index contributed by atoms with van der Waals surface area (Å²) >= 11 is 0. The van der Waals surface area contributed by atoms with E-state index < -0.39 is 0 Å². The number of rotatable bonds is 5. The van der Waals surface area contributed by atoms with Gasteiger partial charge >= 0.3 is 5.97 Å². The van der Waals surface area contributed by atoms with Crippen molar-refractivity contribution in [1.29, 1.82) is 0 Å². The van der Waals surface area contributed by atoms with Crippen LogP contribution in [0.4, 0.5) is 0 Å². The molecule has 1 N–H and O–H groups in total. The number of carbonyl (C=O) groups excluding carboxylic acids is 1. The van der Waals surface area contributed by atoms with E-state index >= 15 is 0 Å². The van der Waals surface area contributed by atoms with Gasteiger partial charge in [0.25, 0.3) is 0 Å². The maximum atomic E-state index is 11.4. The first-order valence-electron chi connectivity index (χ1n) is 6.05. The van der Waals surface area contributed by atoms with Gasteiger partial charge in [-0.2, -0.15) is 0 Å². The zero-order valence-corrected chi connectivity index (χ0v) is 10.7. The molecule has 0 spiro atoms. The minimum absolute atomic E-state index is 0.262. The third-order valence-electron chi connectivity index (χ3n) is 3.02. The van der Waals surface area contributed by atoms with Crippen LogP contribution in [0.25, 0.3) is 0 Å². The van der Waals surface area contributed by atoms with Crippen LogP contribution < -0.4 is 0 Å². The number of ether oxygens (including phenoxy) is 1. The first-order valence-corrected chi connectivity index (χ1v) is 6.05. The molecule has 0 heterocycles. The van der Waals surface area contributed by atoms with Crippen molar-refractivity contribution in [3.63, 3.8) is 0 Å². The van der Waals surface area contributed by atoms with Crippen LogP contribution in [0.2, 0.25) is 0 Å². The Bertz CT molecular complexity index is 385. The van der Waals surface area contributed by atoms with Crippen LogP contribution in [0.1, 0.15) is 54.9 Å². The Balaban J connectivity index is 3.08. The summed E-state index contributed by atoms with van der Waals surface area (Å²) < 4.78 is 4.68. The van der Waals surface area contributed by atoms with E-state index in [2.05, 4.69) is 18.6 Å². The van der Waals surface area contributed by atoms with E-state index in [1.165, 1.54) is 7.11 Å². The molecule has 0 fully saturated rings. The summed E-state index contributed by atoms with van der Waals surface area (Å²) in [5.74, 6) is 0.195. The van der Waals surface area contributed by atoms with Crippen molar-refractivity contribution >= 4 is 5.97 Å². The molecule has 0 bridgehead atoms. The normalized spacial score (nSPS) is 12.2. The molecular weight excluding hydrogens is 216 g/mol. The first-order chi connectivity index (χ1) is 8.13. The molecule has 3 nitrogen and oxygen atoms in total. The lowest BCUT2D eigenvalue weighted by atomic mass is 9.90. The third kappa shape index (κ3) is 3.22. The molecule has 1 rings (SSSR count). The van der Waals surface area contributed by atoms with Gasteiger partial charge in [-0.15, -0.1) is 0 Å². The van der Waals surface area contributed by atoms with Gasteiger partial charge in [-0.3, -0.25) is 0 Å². The summed E-state index contributed by atoms with van der Waals surface area (Å²) in [5, 5.41) is 9.87. The molecule has 0 aliphatic carbocycles. The van der Waals surface area contributed by atoms with Crippen molar-refractivity contribution in [2.24, 2.45) is 0 Å². The standard InChI is InChI=1S/C14H20O3/c1-4-6-10(5-2)12-9-11(14(16)17-3)7-8-13(12)15/h7-10,15H,4-6H2,1-3H3. The number of phenols is 1. The molecule has 3 heteroatoms. The van der Waals surface area contributed by atoms with Crippen molar-refractivity contribution < 1.29 is 14.6 Å². The Morgan fingerprint density at radius 1 is 1.41 bits per heavy atom. The van der Waals surface area contributed by atoms with E-state index in [0.717, 1.165) is 24.8 Å². The van der Waals surface area contributed by atoms with E-state index in [-0.39, 0.29) is 11.7 Å². The number of hydrogen-bond donors (Lipinski definition) is 1. The molecule has 0 aliphatic rings. The highest BCUT2D eigenvalue weighted by atomic mass is 16.5. The summed E-state index contributed by atoms with van der Waals surface area (Å²) in [5.41, 5.74) is 1.34. The van der Waals surface area contributed by atoms with Gasteiger partial charge in [0.2, 0.25) is 0 Å². The Kier molecular flexibility index (Phi) is 5.01. The Morgan fingerprint density at radius 2 is 2.12 bits per heavy atom. The molecule has 1 aromatic carbocycles. The van der Waals surface area contributed by atoms with E-state index in [0.29, 0.717) is 11.5 Å². The second-order valence-corrected chi connectivity index (χ2v) is 4.16. The van der Waals surface area contributed by atoms with Crippen LogP contribution in [-0.2, 0) is 4.74 Å². The van der Waals surface area contributed by atoms with Gasteiger partial charge < -0.3 is 9.84 Å². The number of methoxy groups -OCH3 is 1. The smallest absolute Gasteiger partial charge is 0.337 e. The van der Waals surface area contributed by atoms with Crippen molar-refractivity contribution in [2.45, 2.75) is 39.0 Å². The molecule has 0 radical (unpaired) electrons. The predicted octanol–water partition coefficient (Wildman–Crippen LogP) is 3.47. The van der Waals surface area contributed by atoms with Gasteiger partial charge in [0.1, 0.15) is 5.75 Å². The maximum Gasteiger partial charge on any atom is 0.337 e. The third-order valence-corrected chi connectivity index (χ3v) is 3.02. The maximum absolute atomic E-state index is 11.4. The quantitative estimate of drug-likeness (QED) is 0.796. The summed E-state index contributed by atoms with van der Waals surface area (Å²) in [7, 11) is 1.36. The second kappa shape index (κ2) is 6.28. The van der Waals surface area contributed by atoms with Gasteiger partial charge in [-0.05, 0) is 42.5 Å². The highest BCUT2D eigenvalue weighted by Crippen LogP contribution is 2.32. The number of phenolic OH excluding ortho intramolecular Hbond substituents is 1. The Hall–Kier alpha value is -1.51. The van der Waals surface area contributed by atoms with Crippen LogP contribution in [0.5, 0.6) is 5.75 Å². The van der Waals surface area contributed by atoms with Gasteiger partial charge in [0.05, 0.1) is 12.7 Å². The SMILES string of the molecule is CCCC(CC)c1cc(C(=O)OC)ccc1O. The highest BCUT2D eigenvalue weighted by molar-refractivity contribution is 5.89. The number of aromatic hydroxyl groups is 1. The molecule has 0 aliphatic heterocycles. The van der Waals surface area contributed by atoms with E-state index in [1.54, 1.807) is 18.2 Å². The van der Waals surface area contributed by atoms with Crippen molar-refractivity contribution in [1.82, 2.24) is 0 Å². The van der Waals surface area contributed by atoms with Crippen molar-refractivity contribution in [3.8, 4) is 5.75 Å². The number of carbonyl (C=O) groups is 1. The fourth-order valence-corrected chi connectivity index (χ4v) is 2.05. The molecule has 0 amide bonds. The van der Waals surface area contributed by atoms with E-state index in [1.807, 2.05) is 0 Å². The number of hydrogen-bond acceptors (Lipinski definition) is 3. The first kappa shape index (κ1) is 13.6. The monoisotopic (exact) mass is 236 g/mol. The van der Waals surface area contributed by atoms with Gasteiger partial charge in [-0.25, -0.2) is 4.79 Å². The molecule has 1 unspecified atom stereocenters. The van der Waals surface area contributed by atoms with Crippen molar-refractivity contribution in [3.05, 3.63) is 29.3 Å². The zero-order valence-electron chi connectivity index (χ0n) is 10.7.